The molecule has 0 aromatic carbocycles. The van der Waals surface area contributed by atoms with E-state index in [4.69, 9.17) is 5.73 Å². The lowest BCUT2D eigenvalue weighted by molar-refractivity contribution is -0.130. The molecule has 1 amide bonds. The Morgan fingerprint density at radius 3 is 3.08 bits per heavy atom. The van der Waals surface area contributed by atoms with Gasteiger partial charge in [0, 0.05) is 32.6 Å². The highest BCUT2D eigenvalue weighted by molar-refractivity contribution is 5.76. The van der Waals surface area contributed by atoms with E-state index < -0.39 is 0 Å². The molecule has 0 bridgehead atoms. The fraction of sp³-hybridized carbons (Fsp3) is 0.875. The molecule has 0 aromatic rings. The third-order valence-electron chi connectivity index (χ3n) is 2.06. The van der Waals surface area contributed by atoms with Gasteiger partial charge < -0.3 is 16.0 Å². The smallest absolute Gasteiger partial charge is 0.223 e. The van der Waals surface area contributed by atoms with Crippen molar-refractivity contribution in [1.29, 1.82) is 0 Å². The normalized spacial score (nSPS) is 19.4. The molecule has 1 fully saturated rings. The summed E-state index contributed by atoms with van der Waals surface area (Å²) in [4.78, 5) is 13.3. The molecule has 0 atom stereocenters. The fourth-order valence-electron chi connectivity index (χ4n) is 1.34. The van der Waals surface area contributed by atoms with Crippen LogP contribution in [0.3, 0.4) is 0 Å². The van der Waals surface area contributed by atoms with Gasteiger partial charge in [-0.1, -0.05) is 0 Å². The Kier molecular flexibility index (Phi) is 4.04. The van der Waals surface area contributed by atoms with Crippen molar-refractivity contribution in [3.05, 3.63) is 0 Å². The van der Waals surface area contributed by atoms with E-state index in [0.29, 0.717) is 13.0 Å². The van der Waals surface area contributed by atoms with Crippen LogP contribution < -0.4 is 11.1 Å². The van der Waals surface area contributed by atoms with Gasteiger partial charge in [0.15, 0.2) is 0 Å². The highest BCUT2D eigenvalue weighted by Gasteiger charge is 2.14. The number of hydrogen-bond donors (Lipinski definition) is 2. The number of nitrogens with zero attached hydrogens (tertiary/aromatic N) is 1. The minimum atomic E-state index is 0.258. The number of amides is 1. The van der Waals surface area contributed by atoms with Crippen LogP contribution in [0.4, 0.5) is 0 Å². The van der Waals surface area contributed by atoms with E-state index in [1.165, 1.54) is 0 Å². The molecule has 1 saturated heterocycles. The van der Waals surface area contributed by atoms with Crippen molar-refractivity contribution in [1.82, 2.24) is 10.2 Å². The number of nitrogens with one attached hydrogen (secondary N) is 1. The highest BCUT2D eigenvalue weighted by Crippen LogP contribution is 1.98. The quantitative estimate of drug-likeness (QED) is 0.582. The summed E-state index contributed by atoms with van der Waals surface area (Å²) >= 11 is 0. The average molecular weight is 171 g/mol. The van der Waals surface area contributed by atoms with Crippen molar-refractivity contribution in [2.24, 2.45) is 5.73 Å². The Balaban J connectivity index is 2.31. The second-order valence-corrected chi connectivity index (χ2v) is 3.02. The molecule has 70 valence electrons. The zero-order chi connectivity index (χ0) is 8.81. The number of carbonyl (C=O) groups is 1. The third kappa shape index (κ3) is 2.79. The summed E-state index contributed by atoms with van der Waals surface area (Å²) in [6.45, 7) is 4.04. The van der Waals surface area contributed by atoms with Crippen molar-refractivity contribution >= 4 is 5.91 Å². The maximum atomic E-state index is 11.4. The maximum absolute atomic E-state index is 11.4. The van der Waals surface area contributed by atoms with E-state index in [0.717, 1.165) is 32.6 Å². The van der Waals surface area contributed by atoms with Crippen molar-refractivity contribution < 1.29 is 4.79 Å². The fourth-order valence-corrected chi connectivity index (χ4v) is 1.34. The van der Waals surface area contributed by atoms with E-state index in [1.807, 2.05) is 4.90 Å². The van der Waals surface area contributed by atoms with E-state index in [2.05, 4.69) is 5.32 Å². The molecule has 0 aromatic heterocycles. The zero-order valence-corrected chi connectivity index (χ0v) is 7.38. The molecule has 1 aliphatic rings. The standard InChI is InChI=1S/C8H17N3O/c9-3-1-6-11-7-5-10-4-2-8(11)12/h10H,1-7,9H2. The van der Waals surface area contributed by atoms with Crippen LogP contribution in [0.25, 0.3) is 0 Å². The van der Waals surface area contributed by atoms with Gasteiger partial charge in [-0.25, -0.2) is 0 Å². The SMILES string of the molecule is NCCCN1CCNCCC1=O. The first kappa shape index (κ1) is 9.48. The number of rotatable bonds is 3. The van der Waals surface area contributed by atoms with Gasteiger partial charge in [-0.15, -0.1) is 0 Å². The van der Waals surface area contributed by atoms with Crippen LogP contribution in [0.15, 0.2) is 0 Å². The predicted molar refractivity (Wildman–Crippen MR) is 47.7 cm³/mol. The van der Waals surface area contributed by atoms with Gasteiger partial charge in [0.2, 0.25) is 5.91 Å². The van der Waals surface area contributed by atoms with Crippen LogP contribution in [-0.2, 0) is 4.79 Å². The lowest BCUT2D eigenvalue weighted by atomic mass is 10.3. The van der Waals surface area contributed by atoms with Crippen LogP contribution in [0.2, 0.25) is 0 Å². The van der Waals surface area contributed by atoms with Crippen LogP contribution in [0.5, 0.6) is 0 Å². The lowest BCUT2D eigenvalue weighted by Gasteiger charge is -2.19. The van der Waals surface area contributed by atoms with Crippen molar-refractivity contribution in [2.75, 3.05) is 32.7 Å². The first-order chi connectivity index (χ1) is 5.84. The van der Waals surface area contributed by atoms with Crippen LogP contribution in [0, 0.1) is 0 Å². The van der Waals surface area contributed by atoms with Gasteiger partial charge in [0.1, 0.15) is 0 Å². The molecular formula is C8H17N3O. The third-order valence-corrected chi connectivity index (χ3v) is 2.06. The van der Waals surface area contributed by atoms with E-state index >= 15 is 0 Å². The van der Waals surface area contributed by atoms with E-state index in [-0.39, 0.29) is 5.91 Å². The Morgan fingerprint density at radius 1 is 1.50 bits per heavy atom. The molecular weight excluding hydrogens is 154 g/mol. The first-order valence-corrected chi connectivity index (χ1v) is 4.53. The molecule has 1 aliphatic heterocycles. The summed E-state index contributed by atoms with van der Waals surface area (Å²) in [5.41, 5.74) is 5.38. The number of carbonyl (C=O) groups excluding carboxylic acids is 1. The highest BCUT2D eigenvalue weighted by atomic mass is 16.2. The first-order valence-electron chi connectivity index (χ1n) is 4.53. The molecule has 0 unspecified atom stereocenters. The molecule has 1 heterocycles. The predicted octanol–water partition coefficient (Wildman–Crippen LogP) is -0.843. The van der Waals surface area contributed by atoms with Gasteiger partial charge in [-0.2, -0.15) is 0 Å². The molecule has 0 spiro atoms. The molecule has 3 N–H and O–H groups in total. The second kappa shape index (κ2) is 5.11. The van der Waals surface area contributed by atoms with Crippen molar-refractivity contribution in [3.8, 4) is 0 Å². The van der Waals surface area contributed by atoms with Crippen LogP contribution in [-0.4, -0.2) is 43.5 Å². The average Bonchev–Trinajstić information content (AvgIpc) is 2.27. The van der Waals surface area contributed by atoms with Gasteiger partial charge in [-0.3, -0.25) is 4.79 Å². The monoisotopic (exact) mass is 171 g/mol. The lowest BCUT2D eigenvalue weighted by Crippen LogP contribution is -2.34. The molecule has 4 heteroatoms. The number of hydrogen-bond acceptors (Lipinski definition) is 3. The van der Waals surface area contributed by atoms with Crippen molar-refractivity contribution in [2.45, 2.75) is 12.8 Å². The van der Waals surface area contributed by atoms with Gasteiger partial charge in [-0.05, 0) is 13.0 Å². The van der Waals surface area contributed by atoms with Crippen LogP contribution in [0.1, 0.15) is 12.8 Å². The van der Waals surface area contributed by atoms with E-state index in [1.54, 1.807) is 0 Å². The van der Waals surface area contributed by atoms with Crippen molar-refractivity contribution in [3.63, 3.8) is 0 Å². The summed E-state index contributed by atoms with van der Waals surface area (Å²) in [5, 5.41) is 3.19. The maximum Gasteiger partial charge on any atom is 0.223 e. The molecule has 0 aliphatic carbocycles. The Bertz CT molecular complexity index is 149. The Labute approximate surface area is 73.1 Å². The number of nitrogens with two attached hydrogens (primary N) is 1. The summed E-state index contributed by atoms with van der Waals surface area (Å²) in [6, 6.07) is 0. The topological polar surface area (TPSA) is 58.4 Å². The molecule has 0 radical (unpaired) electrons. The zero-order valence-electron chi connectivity index (χ0n) is 7.38. The molecule has 12 heavy (non-hydrogen) atoms. The summed E-state index contributed by atoms with van der Waals surface area (Å²) in [5.74, 6) is 0.258. The largest absolute Gasteiger partial charge is 0.341 e. The summed E-state index contributed by atoms with van der Waals surface area (Å²) in [6.07, 6.45) is 1.54. The second-order valence-electron chi connectivity index (χ2n) is 3.02. The van der Waals surface area contributed by atoms with Gasteiger partial charge >= 0.3 is 0 Å². The van der Waals surface area contributed by atoms with Gasteiger partial charge in [0.25, 0.3) is 0 Å². The minimum absolute atomic E-state index is 0.258. The summed E-state index contributed by atoms with van der Waals surface area (Å²) in [7, 11) is 0. The molecule has 1 rings (SSSR count). The molecule has 4 nitrogen and oxygen atoms in total. The van der Waals surface area contributed by atoms with E-state index in [9.17, 15) is 4.79 Å². The minimum Gasteiger partial charge on any atom is -0.341 e. The Morgan fingerprint density at radius 2 is 2.33 bits per heavy atom. The molecule has 0 saturated carbocycles. The summed E-state index contributed by atoms with van der Waals surface area (Å²) < 4.78 is 0. The van der Waals surface area contributed by atoms with Gasteiger partial charge in [0.05, 0.1) is 0 Å². The Hall–Kier alpha value is -0.610. The van der Waals surface area contributed by atoms with Crippen LogP contribution >= 0.6 is 0 Å².